The zero-order valence-corrected chi connectivity index (χ0v) is 9.67. The number of hydrogen-bond acceptors (Lipinski definition) is 3. The fourth-order valence-electron chi connectivity index (χ4n) is 1.43. The van der Waals surface area contributed by atoms with Gasteiger partial charge < -0.3 is 9.84 Å². The first-order valence-electron chi connectivity index (χ1n) is 4.61. The molecule has 0 saturated carbocycles. The van der Waals surface area contributed by atoms with Crippen LogP contribution >= 0.6 is 11.6 Å². The average molecular weight is 266 g/mol. The second-order valence-corrected chi connectivity index (χ2v) is 3.45. The van der Waals surface area contributed by atoms with Crippen molar-refractivity contribution in [3.05, 3.63) is 23.0 Å². The molecule has 0 amide bonds. The van der Waals surface area contributed by atoms with Crippen LogP contribution in [0, 0.1) is 0 Å². The van der Waals surface area contributed by atoms with Gasteiger partial charge in [-0.25, -0.2) is 8.78 Å². The Hall–Kier alpha value is -1.43. The Morgan fingerprint density at radius 3 is 2.71 bits per heavy atom. The number of halogens is 3. The normalized spacial score (nSPS) is 10.6. The van der Waals surface area contributed by atoms with Crippen LogP contribution in [0.2, 0.25) is 0 Å². The highest BCUT2D eigenvalue weighted by Crippen LogP contribution is 2.33. The Bertz CT molecular complexity index is 426. The first kappa shape index (κ1) is 13.6. The summed E-state index contributed by atoms with van der Waals surface area (Å²) >= 11 is 5.63. The van der Waals surface area contributed by atoms with E-state index < -0.39 is 18.1 Å². The number of carboxylic acids is 1. The summed E-state index contributed by atoms with van der Waals surface area (Å²) in [7, 11) is 1.21. The van der Waals surface area contributed by atoms with Gasteiger partial charge in [-0.05, 0) is 5.56 Å². The lowest BCUT2D eigenvalue weighted by Gasteiger charge is -2.13. The van der Waals surface area contributed by atoms with Crippen molar-refractivity contribution in [3.8, 4) is 5.75 Å². The number of ether oxygens (including phenoxy) is 1. The predicted octanol–water partition coefficient (Wildman–Crippen LogP) is 2.39. The molecule has 1 rings (SSSR count). The Labute approximate surface area is 101 Å². The van der Waals surface area contributed by atoms with E-state index in [2.05, 4.69) is 4.98 Å². The van der Waals surface area contributed by atoms with Gasteiger partial charge in [0.2, 0.25) is 0 Å². The van der Waals surface area contributed by atoms with Crippen molar-refractivity contribution in [1.29, 1.82) is 0 Å². The maximum absolute atomic E-state index is 12.6. The average Bonchev–Trinajstić information content (AvgIpc) is 2.26. The quantitative estimate of drug-likeness (QED) is 0.831. The molecule has 17 heavy (non-hydrogen) atoms. The molecule has 4 nitrogen and oxygen atoms in total. The third-order valence-electron chi connectivity index (χ3n) is 2.14. The van der Waals surface area contributed by atoms with E-state index in [0.29, 0.717) is 0 Å². The van der Waals surface area contributed by atoms with Crippen LogP contribution in [0.5, 0.6) is 5.75 Å². The molecule has 1 aromatic heterocycles. The molecule has 94 valence electrons. The SMILES string of the molecule is COc1c(C(F)F)ncc(CC(=O)O)c1CCl. The highest BCUT2D eigenvalue weighted by atomic mass is 35.5. The van der Waals surface area contributed by atoms with Gasteiger partial charge in [0.05, 0.1) is 19.4 Å². The molecule has 1 aromatic rings. The number of hydrogen-bond donors (Lipinski definition) is 1. The molecular formula is C10H10ClF2NO3. The molecular weight excluding hydrogens is 256 g/mol. The minimum Gasteiger partial charge on any atom is -0.494 e. The summed E-state index contributed by atoms with van der Waals surface area (Å²) in [6.45, 7) is 0. The summed E-state index contributed by atoms with van der Waals surface area (Å²) in [5.41, 5.74) is -0.0205. The Balaban J connectivity index is 3.32. The minimum absolute atomic E-state index is 0.117. The summed E-state index contributed by atoms with van der Waals surface area (Å²) in [5.74, 6) is -1.35. The monoisotopic (exact) mass is 265 g/mol. The van der Waals surface area contributed by atoms with Crippen LogP contribution in [-0.2, 0) is 17.1 Å². The molecule has 0 aromatic carbocycles. The Morgan fingerprint density at radius 1 is 1.65 bits per heavy atom. The predicted molar refractivity (Wildman–Crippen MR) is 56.6 cm³/mol. The van der Waals surface area contributed by atoms with E-state index in [0.717, 1.165) is 6.20 Å². The third kappa shape index (κ3) is 3.03. The van der Waals surface area contributed by atoms with Crippen LogP contribution in [-0.4, -0.2) is 23.2 Å². The Kier molecular flexibility index (Phi) is 4.62. The van der Waals surface area contributed by atoms with Crippen molar-refractivity contribution in [2.45, 2.75) is 18.7 Å². The largest absolute Gasteiger partial charge is 0.494 e. The van der Waals surface area contributed by atoms with Crippen LogP contribution in [0.1, 0.15) is 23.2 Å². The second kappa shape index (κ2) is 5.77. The fourth-order valence-corrected chi connectivity index (χ4v) is 1.72. The van der Waals surface area contributed by atoms with Gasteiger partial charge in [-0.2, -0.15) is 0 Å². The van der Waals surface area contributed by atoms with Crippen molar-refractivity contribution < 1.29 is 23.4 Å². The highest BCUT2D eigenvalue weighted by Gasteiger charge is 2.22. The van der Waals surface area contributed by atoms with Gasteiger partial charge in [0.1, 0.15) is 5.69 Å². The number of carbonyl (C=O) groups is 1. The molecule has 1 N–H and O–H groups in total. The maximum Gasteiger partial charge on any atom is 0.307 e. The van der Waals surface area contributed by atoms with Gasteiger partial charge in [0.25, 0.3) is 6.43 Å². The molecule has 0 saturated heterocycles. The number of methoxy groups -OCH3 is 1. The van der Waals surface area contributed by atoms with Gasteiger partial charge in [-0.3, -0.25) is 9.78 Å². The molecule has 0 bridgehead atoms. The van der Waals surface area contributed by atoms with Crippen LogP contribution < -0.4 is 4.74 Å². The van der Waals surface area contributed by atoms with E-state index in [1.165, 1.54) is 7.11 Å². The number of alkyl halides is 3. The first-order chi connectivity index (χ1) is 8.01. The second-order valence-electron chi connectivity index (χ2n) is 3.19. The summed E-state index contributed by atoms with van der Waals surface area (Å²) in [6.07, 6.45) is -2.05. The number of nitrogens with zero attached hydrogens (tertiary/aromatic N) is 1. The lowest BCUT2D eigenvalue weighted by Crippen LogP contribution is -2.08. The van der Waals surface area contributed by atoms with Crippen LogP contribution in [0.3, 0.4) is 0 Å². The number of pyridine rings is 1. The number of rotatable bonds is 5. The molecule has 0 unspecified atom stereocenters. The molecule has 0 aliphatic rings. The van der Waals surface area contributed by atoms with Gasteiger partial charge in [-0.15, -0.1) is 11.6 Å². The van der Waals surface area contributed by atoms with E-state index in [1.54, 1.807) is 0 Å². The zero-order chi connectivity index (χ0) is 13.0. The van der Waals surface area contributed by atoms with E-state index in [9.17, 15) is 13.6 Å². The molecule has 0 aliphatic carbocycles. The van der Waals surface area contributed by atoms with Crippen molar-refractivity contribution in [2.75, 3.05) is 7.11 Å². The lowest BCUT2D eigenvalue weighted by molar-refractivity contribution is -0.136. The van der Waals surface area contributed by atoms with Gasteiger partial charge in [0.15, 0.2) is 5.75 Å². The highest BCUT2D eigenvalue weighted by molar-refractivity contribution is 6.17. The molecule has 0 radical (unpaired) electrons. The summed E-state index contributed by atoms with van der Waals surface area (Å²) in [5, 5.41) is 8.67. The molecule has 0 fully saturated rings. The summed E-state index contributed by atoms with van der Waals surface area (Å²) in [6, 6.07) is 0. The molecule has 7 heteroatoms. The number of aromatic nitrogens is 1. The Morgan fingerprint density at radius 2 is 2.29 bits per heavy atom. The summed E-state index contributed by atoms with van der Waals surface area (Å²) in [4.78, 5) is 14.1. The van der Waals surface area contributed by atoms with Crippen molar-refractivity contribution in [3.63, 3.8) is 0 Å². The maximum atomic E-state index is 12.6. The van der Waals surface area contributed by atoms with Crippen LogP contribution in [0.4, 0.5) is 8.78 Å². The van der Waals surface area contributed by atoms with E-state index >= 15 is 0 Å². The van der Waals surface area contributed by atoms with Gasteiger partial charge in [-0.1, -0.05) is 0 Å². The summed E-state index contributed by atoms with van der Waals surface area (Å²) < 4.78 is 30.1. The van der Waals surface area contributed by atoms with Crippen LogP contribution in [0.25, 0.3) is 0 Å². The van der Waals surface area contributed by atoms with Crippen LogP contribution in [0.15, 0.2) is 6.20 Å². The zero-order valence-electron chi connectivity index (χ0n) is 8.91. The first-order valence-corrected chi connectivity index (χ1v) is 5.15. The molecule has 0 atom stereocenters. The van der Waals surface area contributed by atoms with Gasteiger partial charge >= 0.3 is 5.97 Å². The van der Waals surface area contributed by atoms with E-state index in [-0.39, 0.29) is 29.2 Å². The minimum atomic E-state index is -2.80. The van der Waals surface area contributed by atoms with E-state index in [4.69, 9.17) is 21.4 Å². The topological polar surface area (TPSA) is 59.4 Å². The third-order valence-corrected chi connectivity index (χ3v) is 2.41. The van der Waals surface area contributed by atoms with Crippen molar-refractivity contribution in [2.24, 2.45) is 0 Å². The fraction of sp³-hybridized carbons (Fsp3) is 0.400. The molecule has 0 spiro atoms. The standard InChI is InChI=1S/C10H10ClF2NO3/c1-17-9-6(3-11)5(2-7(15)16)4-14-8(9)10(12)13/h4,10H,2-3H2,1H3,(H,15,16). The number of carboxylic acid groups (broad SMARTS) is 1. The molecule has 0 aliphatic heterocycles. The smallest absolute Gasteiger partial charge is 0.307 e. The molecule has 1 heterocycles. The lowest BCUT2D eigenvalue weighted by atomic mass is 10.1. The van der Waals surface area contributed by atoms with Gasteiger partial charge in [0, 0.05) is 11.8 Å². The van der Waals surface area contributed by atoms with E-state index in [1.807, 2.05) is 0 Å². The van der Waals surface area contributed by atoms with Crippen molar-refractivity contribution >= 4 is 17.6 Å². The van der Waals surface area contributed by atoms with Crippen molar-refractivity contribution in [1.82, 2.24) is 4.98 Å². The number of aliphatic carboxylic acids is 1.